The molecule has 0 heterocycles. The van der Waals surface area contributed by atoms with Crippen LogP contribution in [0.25, 0.3) is 0 Å². The Morgan fingerprint density at radius 1 is 1.86 bits per heavy atom. The summed E-state index contributed by atoms with van der Waals surface area (Å²) in [4.78, 5) is 0. The first-order chi connectivity index (χ1) is 3.18. The molecule has 0 saturated carbocycles. The molecule has 1 nitrogen and oxygen atoms in total. The Balaban J connectivity index is 3.56. The zero-order chi connectivity index (χ0) is 5.86. The molecule has 7 heavy (non-hydrogen) atoms. The van der Waals surface area contributed by atoms with E-state index in [0.717, 1.165) is 0 Å². The first-order valence-electron chi connectivity index (χ1n) is 2.18. The summed E-state index contributed by atoms with van der Waals surface area (Å²) in [5.74, 6) is 0. The van der Waals surface area contributed by atoms with Gasteiger partial charge in [-0.15, -0.1) is 0 Å². The zero-order valence-corrected chi connectivity index (χ0v) is 5.24. The molecular weight excluding hydrogens is 112 g/mol. The van der Waals surface area contributed by atoms with Gasteiger partial charge in [-0.25, -0.2) is 0 Å². The molecule has 0 rings (SSSR count). The molecule has 0 aliphatic carbocycles. The minimum absolute atomic E-state index is 0.500. The average molecular weight is 121 g/mol. The van der Waals surface area contributed by atoms with E-state index in [1.807, 2.05) is 0 Å². The fourth-order valence-corrected chi connectivity index (χ4v) is 0.241. The summed E-state index contributed by atoms with van der Waals surface area (Å²) in [6.07, 6.45) is 1.17. The highest BCUT2D eigenvalue weighted by Crippen LogP contribution is 2.04. The first kappa shape index (κ1) is 6.99. The van der Waals surface area contributed by atoms with Gasteiger partial charge in [0.15, 0.2) is 0 Å². The van der Waals surface area contributed by atoms with Crippen LogP contribution in [0.2, 0.25) is 0 Å². The zero-order valence-electron chi connectivity index (χ0n) is 4.48. The molecule has 1 atom stereocenters. The van der Waals surface area contributed by atoms with Gasteiger partial charge in [0.05, 0.1) is 6.10 Å². The van der Waals surface area contributed by atoms with Gasteiger partial charge in [0.25, 0.3) is 0 Å². The van der Waals surface area contributed by atoms with E-state index in [9.17, 15) is 0 Å². The molecule has 1 unspecified atom stereocenters. The number of hydrogen-bond donors (Lipinski definition) is 1. The van der Waals surface area contributed by atoms with Gasteiger partial charge in [0.1, 0.15) is 0 Å². The Labute approximate surface area is 48.6 Å². The Hall–Kier alpha value is -0.0100. The first-order valence-corrected chi connectivity index (χ1v) is 2.56. The van der Waals surface area contributed by atoms with Gasteiger partial charge in [-0.3, -0.25) is 0 Å². The summed E-state index contributed by atoms with van der Waals surface area (Å²) in [5.41, 5.74) is 0. The third kappa shape index (κ3) is 2.66. The van der Waals surface area contributed by atoms with Crippen molar-refractivity contribution in [3.63, 3.8) is 0 Å². The van der Waals surface area contributed by atoms with Crippen LogP contribution in [0.3, 0.4) is 0 Å². The van der Waals surface area contributed by atoms with Crippen molar-refractivity contribution in [1.82, 2.24) is 0 Å². The lowest BCUT2D eigenvalue weighted by atomic mass is 10.4. The van der Waals surface area contributed by atoms with Gasteiger partial charge in [-0.1, -0.05) is 17.7 Å². The molecule has 0 radical (unpaired) electrons. The van der Waals surface area contributed by atoms with Crippen LogP contribution in [0.5, 0.6) is 0 Å². The molecule has 0 aliphatic rings. The minimum Gasteiger partial charge on any atom is -0.388 e. The van der Waals surface area contributed by atoms with Crippen LogP contribution >= 0.6 is 11.6 Å². The van der Waals surface area contributed by atoms with E-state index in [0.29, 0.717) is 5.03 Å². The van der Waals surface area contributed by atoms with Crippen LogP contribution in [0.15, 0.2) is 11.1 Å². The fourth-order valence-electron chi connectivity index (χ4n) is 0.241. The third-order valence-electron chi connectivity index (χ3n) is 0.675. The predicted molar refractivity (Wildman–Crippen MR) is 31.3 cm³/mol. The lowest BCUT2D eigenvalue weighted by molar-refractivity contribution is 0.239. The van der Waals surface area contributed by atoms with E-state index in [4.69, 9.17) is 16.7 Å². The monoisotopic (exact) mass is 120 g/mol. The van der Waals surface area contributed by atoms with E-state index >= 15 is 0 Å². The highest BCUT2D eigenvalue weighted by atomic mass is 35.5. The van der Waals surface area contributed by atoms with Crippen molar-refractivity contribution in [2.75, 3.05) is 0 Å². The van der Waals surface area contributed by atoms with Crippen molar-refractivity contribution in [2.24, 2.45) is 0 Å². The van der Waals surface area contributed by atoms with Crippen LogP contribution in [-0.4, -0.2) is 11.2 Å². The summed E-state index contributed by atoms with van der Waals surface area (Å²) in [6, 6.07) is 0. The van der Waals surface area contributed by atoms with Gasteiger partial charge >= 0.3 is 0 Å². The Morgan fingerprint density at radius 3 is 2.29 bits per heavy atom. The highest BCUT2D eigenvalue weighted by Gasteiger charge is 1.95. The van der Waals surface area contributed by atoms with Crippen LogP contribution < -0.4 is 0 Å². The normalized spacial score (nSPS) is 16.9. The molecule has 0 aromatic rings. The van der Waals surface area contributed by atoms with E-state index in [-0.39, 0.29) is 0 Å². The van der Waals surface area contributed by atoms with Gasteiger partial charge in [0.2, 0.25) is 0 Å². The molecule has 0 spiro atoms. The lowest BCUT2D eigenvalue weighted by Gasteiger charge is -1.96. The van der Waals surface area contributed by atoms with Gasteiger partial charge in [-0.05, 0) is 13.8 Å². The maximum Gasteiger partial charge on any atom is 0.0864 e. The predicted octanol–water partition coefficient (Wildman–Crippen LogP) is 1.51. The molecule has 2 heteroatoms. The number of rotatable bonds is 1. The summed E-state index contributed by atoms with van der Waals surface area (Å²) < 4.78 is 0. The van der Waals surface area contributed by atoms with Crippen molar-refractivity contribution in [3.05, 3.63) is 11.1 Å². The average Bonchev–Trinajstić information content (AvgIpc) is 1.65. The van der Waals surface area contributed by atoms with Gasteiger partial charge in [0, 0.05) is 5.03 Å². The molecule has 0 aliphatic heterocycles. The second-order valence-electron chi connectivity index (χ2n) is 1.35. The van der Waals surface area contributed by atoms with Crippen LogP contribution in [-0.2, 0) is 0 Å². The van der Waals surface area contributed by atoms with Crippen LogP contribution in [0, 0.1) is 0 Å². The molecule has 1 N–H and O–H groups in total. The maximum absolute atomic E-state index is 8.62. The number of hydrogen-bond acceptors (Lipinski definition) is 1. The van der Waals surface area contributed by atoms with Crippen molar-refractivity contribution < 1.29 is 5.11 Å². The van der Waals surface area contributed by atoms with Crippen LogP contribution in [0.4, 0.5) is 0 Å². The second kappa shape index (κ2) is 3.05. The number of aliphatic hydroxyl groups excluding tert-OH is 1. The second-order valence-corrected chi connectivity index (χ2v) is 1.79. The van der Waals surface area contributed by atoms with Gasteiger partial charge in [-0.2, -0.15) is 0 Å². The van der Waals surface area contributed by atoms with Crippen molar-refractivity contribution in [2.45, 2.75) is 20.0 Å². The topological polar surface area (TPSA) is 20.2 Å². The molecule has 0 aromatic carbocycles. The Morgan fingerprint density at radius 2 is 2.29 bits per heavy atom. The molecular formula is C5H9ClO. The Bertz CT molecular complexity index is 76.1. The fraction of sp³-hybridized carbons (Fsp3) is 0.600. The summed E-state index contributed by atoms with van der Waals surface area (Å²) >= 11 is 5.41. The number of allylic oxidation sites excluding steroid dienone is 1. The smallest absolute Gasteiger partial charge is 0.0864 e. The lowest BCUT2D eigenvalue weighted by Crippen LogP contribution is -1.97. The van der Waals surface area contributed by atoms with E-state index in [1.165, 1.54) is 0 Å². The molecule has 0 fully saturated rings. The SMILES string of the molecule is CC=C(Cl)C(C)O. The maximum atomic E-state index is 8.62. The largest absolute Gasteiger partial charge is 0.388 e. The van der Waals surface area contributed by atoms with Gasteiger partial charge < -0.3 is 5.11 Å². The highest BCUT2D eigenvalue weighted by molar-refractivity contribution is 6.30. The van der Waals surface area contributed by atoms with Crippen molar-refractivity contribution >= 4 is 11.6 Å². The van der Waals surface area contributed by atoms with Crippen LogP contribution in [0.1, 0.15) is 13.8 Å². The summed E-state index contributed by atoms with van der Waals surface area (Å²) in [5, 5.41) is 9.12. The minimum atomic E-state index is -0.508. The van der Waals surface area contributed by atoms with E-state index < -0.39 is 6.10 Å². The summed E-state index contributed by atoms with van der Waals surface area (Å²) in [6.45, 7) is 3.41. The molecule has 42 valence electrons. The Kier molecular flexibility index (Phi) is 3.05. The van der Waals surface area contributed by atoms with Crippen molar-refractivity contribution in [1.29, 1.82) is 0 Å². The number of halogens is 1. The standard InChI is InChI=1S/C5H9ClO/c1-3-5(6)4(2)7/h3-4,7H,1-2H3. The molecule has 0 aromatic heterocycles. The molecule has 0 amide bonds. The number of aliphatic hydroxyl groups is 1. The molecule has 0 saturated heterocycles. The van der Waals surface area contributed by atoms with Crippen molar-refractivity contribution in [3.8, 4) is 0 Å². The quantitative estimate of drug-likeness (QED) is 0.556. The third-order valence-corrected chi connectivity index (χ3v) is 1.21. The molecule has 0 bridgehead atoms. The van der Waals surface area contributed by atoms with E-state index in [1.54, 1.807) is 19.9 Å². The summed E-state index contributed by atoms with van der Waals surface area (Å²) in [7, 11) is 0. The van der Waals surface area contributed by atoms with E-state index in [2.05, 4.69) is 0 Å².